The summed E-state index contributed by atoms with van der Waals surface area (Å²) in [4.78, 5) is 17.1. The van der Waals surface area contributed by atoms with Crippen LogP contribution >= 0.6 is 24.2 Å². The molecule has 0 bridgehead atoms. The van der Waals surface area contributed by atoms with Crippen molar-refractivity contribution in [1.82, 2.24) is 9.55 Å². The van der Waals surface area contributed by atoms with Gasteiger partial charge in [0.05, 0.1) is 11.0 Å². The van der Waals surface area contributed by atoms with Gasteiger partial charge in [0.15, 0.2) is 16.0 Å². The van der Waals surface area contributed by atoms with Crippen LogP contribution in [-0.2, 0) is 6.54 Å². The molecule has 2 heterocycles. The number of rotatable bonds is 7. The number of furan rings is 1. The van der Waals surface area contributed by atoms with Crippen LogP contribution in [0.3, 0.4) is 0 Å². The van der Waals surface area contributed by atoms with Crippen LogP contribution in [0.15, 0.2) is 81.4 Å². The Kier molecular flexibility index (Phi) is 6.98. The highest BCUT2D eigenvalue weighted by molar-refractivity contribution is 7.99. The zero-order chi connectivity index (χ0) is 19.3. The van der Waals surface area contributed by atoms with Gasteiger partial charge in [-0.15, -0.1) is 12.4 Å². The summed E-state index contributed by atoms with van der Waals surface area (Å²) in [6, 6.07) is 20.7. The summed E-state index contributed by atoms with van der Waals surface area (Å²) < 4.78 is 7.89. The molecule has 0 saturated heterocycles. The van der Waals surface area contributed by atoms with E-state index in [9.17, 15) is 4.79 Å². The van der Waals surface area contributed by atoms with Gasteiger partial charge < -0.3 is 20.0 Å². The SMILES string of the molecule is Cl.NCCCn1c(Sc2ccc(C(=O)Nc3ccccc3)o2)nc2ccccc21. The number of aromatic nitrogens is 2. The predicted molar refractivity (Wildman–Crippen MR) is 118 cm³/mol. The molecular formula is C21H21ClN4O2S. The van der Waals surface area contributed by atoms with Crippen LogP contribution in [0.4, 0.5) is 5.69 Å². The van der Waals surface area contributed by atoms with Gasteiger partial charge in [0.25, 0.3) is 5.91 Å². The van der Waals surface area contributed by atoms with E-state index < -0.39 is 0 Å². The molecule has 0 spiro atoms. The van der Waals surface area contributed by atoms with Crippen LogP contribution in [0.5, 0.6) is 0 Å². The zero-order valence-corrected chi connectivity index (χ0v) is 17.2. The highest BCUT2D eigenvalue weighted by Crippen LogP contribution is 2.31. The molecule has 4 aromatic rings. The van der Waals surface area contributed by atoms with E-state index in [1.54, 1.807) is 12.1 Å². The topological polar surface area (TPSA) is 86.1 Å². The van der Waals surface area contributed by atoms with Crippen molar-refractivity contribution >= 4 is 46.8 Å². The number of nitrogens with zero attached hydrogens (tertiary/aromatic N) is 2. The number of halogens is 1. The minimum Gasteiger partial charge on any atom is -0.444 e. The Balaban J connectivity index is 0.00000240. The molecule has 8 heteroatoms. The molecule has 150 valence electrons. The van der Waals surface area contributed by atoms with E-state index in [4.69, 9.17) is 15.1 Å². The second-order valence-electron chi connectivity index (χ2n) is 6.22. The van der Waals surface area contributed by atoms with Crippen molar-refractivity contribution in [2.45, 2.75) is 23.2 Å². The summed E-state index contributed by atoms with van der Waals surface area (Å²) in [5.41, 5.74) is 8.40. The fourth-order valence-corrected chi connectivity index (χ4v) is 3.79. The number of amides is 1. The first-order valence-corrected chi connectivity index (χ1v) is 9.85. The minimum absolute atomic E-state index is 0. The number of nitrogens with one attached hydrogen (secondary N) is 1. The van der Waals surface area contributed by atoms with E-state index in [2.05, 4.69) is 9.88 Å². The Bertz CT molecular complexity index is 1090. The summed E-state index contributed by atoms with van der Waals surface area (Å²) in [5.74, 6) is -0.0225. The first-order valence-electron chi connectivity index (χ1n) is 9.04. The average Bonchev–Trinajstić information content (AvgIpc) is 3.32. The second-order valence-corrected chi connectivity index (χ2v) is 7.19. The van der Waals surface area contributed by atoms with Gasteiger partial charge in [-0.05, 0) is 61.1 Å². The molecule has 4 rings (SSSR count). The van der Waals surface area contributed by atoms with Gasteiger partial charge in [0, 0.05) is 12.2 Å². The third-order valence-electron chi connectivity index (χ3n) is 4.23. The molecule has 6 nitrogen and oxygen atoms in total. The highest BCUT2D eigenvalue weighted by Gasteiger charge is 2.16. The van der Waals surface area contributed by atoms with Crippen molar-refractivity contribution in [3.63, 3.8) is 0 Å². The van der Waals surface area contributed by atoms with Crippen molar-refractivity contribution in [2.75, 3.05) is 11.9 Å². The Hall–Kier alpha value is -2.74. The minimum atomic E-state index is -0.283. The molecule has 0 fully saturated rings. The third-order valence-corrected chi connectivity index (χ3v) is 5.15. The van der Waals surface area contributed by atoms with Crippen LogP contribution in [0, 0.1) is 0 Å². The standard InChI is InChI=1S/C21H20N4O2S.ClH/c22-13-6-14-25-17-10-5-4-9-16(17)24-21(25)28-19-12-11-18(27-19)20(26)23-15-7-2-1-3-8-15;/h1-5,7-12H,6,13-14,22H2,(H,23,26);1H. The number of imidazole rings is 1. The quantitative estimate of drug-likeness (QED) is 0.441. The van der Waals surface area contributed by atoms with Gasteiger partial charge >= 0.3 is 0 Å². The van der Waals surface area contributed by atoms with E-state index in [1.807, 2.05) is 54.6 Å². The maximum Gasteiger partial charge on any atom is 0.291 e. The largest absolute Gasteiger partial charge is 0.444 e. The molecule has 3 N–H and O–H groups in total. The lowest BCUT2D eigenvalue weighted by molar-refractivity contribution is 0.0992. The smallest absolute Gasteiger partial charge is 0.291 e. The normalized spacial score (nSPS) is 10.7. The molecule has 2 aromatic heterocycles. The molecule has 0 atom stereocenters. The molecule has 0 aliphatic rings. The average molecular weight is 429 g/mol. The molecule has 0 saturated carbocycles. The van der Waals surface area contributed by atoms with Crippen molar-refractivity contribution < 1.29 is 9.21 Å². The first kappa shape index (κ1) is 21.0. The Morgan fingerprint density at radius 3 is 2.62 bits per heavy atom. The van der Waals surface area contributed by atoms with Crippen molar-refractivity contribution in [3.8, 4) is 0 Å². The summed E-state index contributed by atoms with van der Waals surface area (Å²) in [6.07, 6.45) is 0.858. The molecular weight excluding hydrogens is 408 g/mol. The molecule has 0 radical (unpaired) electrons. The number of hydrogen-bond acceptors (Lipinski definition) is 5. The monoisotopic (exact) mass is 428 g/mol. The Morgan fingerprint density at radius 2 is 1.83 bits per heavy atom. The fraction of sp³-hybridized carbons (Fsp3) is 0.143. The number of aryl methyl sites for hydroxylation is 1. The number of para-hydroxylation sites is 3. The number of fused-ring (bicyclic) bond motifs is 1. The maximum absolute atomic E-state index is 12.4. The Morgan fingerprint density at radius 1 is 1.07 bits per heavy atom. The molecule has 0 unspecified atom stereocenters. The summed E-state index contributed by atoms with van der Waals surface area (Å²) in [7, 11) is 0. The van der Waals surface area contributed by atoms with E-state index in [1.165, 1.54) is 11.8 Å². The van der Waals surface area contributed by atoms with Gasteiger partial charge in [-0.25, -0.2) is 4.98 Å². The lowest BCUT2D eigenvalue weighted by Crippen LogP contribution is -2.10. The zero-order valence-electron chi connectivity index (χ0n) is 15.6. The fourth-order valence-electron chi connectivity index (χ4n) is 2.90. The lowest BCUT2D eigenvalue weighted by Gasteiger charge is -2.07. The number of anilines is 1. The van der Waals surface area contributed by atoms with Gasteiger partial charge in [-0.1, -0.05) is 30.3 Å². The van der Waals surface area contributed by atoms with Crippen LogP contribution in [0.2, 0.25) is 0 Å². The number of carbonyl (C=O) groups is 1. The Labute approximate surface area is 178 Å². The van der Waals surface area contributed by atoms with Crippen LogP contribution in [0.25, 0.3) is 11.0 Å². The van der Waals surface area contributed by atoms with Crippen molar-refractivity contribution in [2.24, 2.45) is 5.73 Å². The van der Waals surface area contributed by atoms with Gasteiger partial charge in [0.2, 0.25) is 0 Å². The molecule has 1 amide bonds. The van der Waals surface area contributed by atoms with Crippen LogP contribution in [0.1, 0.15) is 17.0 Å². The predicted octanol–water partition coefficient (Wildman–Crippen LogP) is 4.80. The summed E-state index contributed by atoms with van der Waals surface area (Å²) in [6.45, 7) is 1.39. The molecule has 0 aliphatic heterocycles. The number of benzene rings is 2. The van der Waals surface area contributed by atoms with Crippen LogP contribution < -0.4 is 11.1 Å². The number of hydrogen-bond donors (Lipinski definition) is 2. The van der Waals surface area contributed by atoms with Crippen LogP contribution in [-0.4, -0.2) is 22.0 Å². The lowest BCUT2D eigenvalue weighted by atomic mass is 10.3. The van der Waals surface area contributed by atoms with E-state index >= 15 is 0 Å². The molecule has 2 aromatic carbocycles. The van der Waals surface area contributed by atoms with Crippen molar-refractivity contribution in [1.29, 1.82) is 0 Å². The number of nitrogens with two attached hydrogens (primary N) is 1. The molecule has 0 aliphatic carbocycles. The highest BCUT2D eigenvalue weighted by atomic mass is 35.5. The van der Waals surface area contributed by atoms with Crippen molar-refractivity contribution in [3.05, 3.63) is 72.5 Å². The third kappa shape index (κ3) is 4.82. The van der Waals surface area contributed by atoms with E-state index in [0.29, 0.717) is 11.6 Å². The number of carbonyl (C=O) groups excluding carboxylic acids is 1. The first-order chi connectivity index (χ1) is 13.7. The van der Waals surface area contributed by atoms with E-state index in [0.717, 1.165) is 34.8 Å². The summed E-state index contributed by atoms with van der Waals surface area (Å²) >= 11 is 1.40. The maximum atomic E-state index is 12.4. The summed E-state index contributed by atoms with van der Waals surface area (Å²) in [5, 5.41) is 4.25. The second kappa shape index (κ2) is 9.65. The molecule has 29 heavy (non-hydrogen) atoms. The van der Waals surface area contributed by atoms with Gasteiger partial charge in [0.1, 0.15) is 0 Å². The van der Waals surface area contributed by atoms with Gasteiger partial charge in [-0.2, -0.15) is 0 Å². The van der Waals surface area contributed by atoms with Gasteiger partial charge in [-0.3, -0.25) is 4.79 Å². The van der Waals surface area contributed by atoms with E-state index in [-0.39, 0.29) is 24.1 Å².